The molecule has 1 rings (SSSR count). The van der Waals surface area contributed by atoms with E-state index in [-0.39, 0.29) is 5.78 Å². The lowest BCUT2D eigenvalue weighted by atomic mass is 9.96. The summed E-state index contributed by atoms with van der Waals surface area (Å²) in [6, 6.07) is 6.72. The number of rotatable bonds is 8. The Bertz CT molecular complexity index is 404. The number of carbonyl (C=O) groups is 1. The molecule has 0 aromatic heterocycles. The molecule has 1 aromatic rings. The van der Waals surface area contributed by atoms with Gasteiger partial charge in [-0.15, -0.1) is 0 Å². The molecule has 2 N–H and O–H groups in total. The predicted octanol–water partition coefficient (Wildman–Crippen LogP) is 2.27. The number of carbonyl (C=O) groups excluding carboxylic acids is 1. The Kier molecular flexibility index (Phi) is 6.53. The van der Waals surface area contributed by atoms with Crippen LogP contribution in [0.3, 0.4) is 0 Å². The zero-order valence-electron chi connectivity index (χ0n) is 11.9. The molecule has 0 radical (unpaired) electrons. The number of ketones is 1. The molecule has 0 amide bonds. The smallest absolute Gasteiger partial charge is 0.183 e. The second-order valence-corrected chi connectivity index (χ2v) is 4.94. The molecule has 0 saturated heterocycles. The molecule has 4 nitrogen and oxygen atoms in total. The first-order chi connectivity index (χ1) is 9.06. The van der Waals surface area contributed by atoms with Crippen LogP contribution in [0.4, 0.5) is 0 Å². The van der Waals surface area contributed by atoms with Crippen molar-refractivity contribution in [1.29, 1.82) is 0 Å². The molecular weight excluding hydrogens is 242 g/mol. The molecule has 106 valence electrons. The third kappa shape index (κ3) is 5.01. The maximum Gasteiger partial charge on any atom is 0.183 e. The van der Waals surface area contributed by atoms with Gasteiger partial charge in [0.25, 0.3) is 0 Å². The first-order valence-corrected chi connectivity index (χ1v) is 6.56. The highest BCUT2D eigenvalue weighted by Crippen LogP contribution is 2.20. The van der Waals surface area contributed by atoms with Gasteiger partial charge < -0.3 is 15.2 Å². The number of Topliss-reactive ketones (excluding diaryl/α,β-unsaturated/α-hetero) is 1. The van der Waals surface area contributed by atoms with Gasteiger partial charge in [-0.2, -0.15) is 0 Å². The van der Waals surface area contributed by atoms with Crippen LogP contribution in [-0.2, 0) is 4.74 Å². The Morgan fingerprint density at radius 2 is 1.95 bits per heavy atom. The van der Waals surface area contributed by atoms with E-state index in [4.69, 9.17) is 15.2 Å². The molecule has 0 aliphatic heterocycles. The first-order valence-electron chi connectivity index (χ1n) is 6.56. The van der Waals surface area contributed by atoms with Crippen molar-refractivity contribution in [1.82, 2.24) is 0 Å². The van der Waals surface area contributed by atoms with Crippen molar-refractivity contribution in [3.05, 3.63) is 29.8 Å². The molecule has 0 aliphatic carbocycles. The topological polar surface area (TPSA) is 61.5 Å². The van der Waals surface area contributed by atoms with Gasteiger partial charge in [-0.25, -0.2) is 0 Å². The summed E-state index contributed by atoms with van der Waals surface area (Å²) in [4.78, 5) is 12.3. The highest BCUT2D eigenvalue weighted by molar-refractivity contribution is 6.02. The summed E-state index contributed by atoms with van der Waals surface area (Å²) in [7, 11) is 1.61. The lowest BCUT2D eigenvalue weighted by molar-refractivity contribution is 0.0943. The summed E-state index contributed by atoms with van der Waals surface area (Å²) >= 11 is 0. The Balaban J connectivity index is 2.78. The summed E-state index contributed by atoms with van der Waals surface area (Å²) in [6.45, 7) is 5.00. The number of nitrogens with two attached hydrogens (primary N) is 1. The average molecular weight is 265 g/mol. The number of hydrogen-bond acceptors (Lipinski definition) is 4. The van der Waals surface area contributed by atoms with E-state index in [0.29, 0.717) is 36.9 Å². The minimum atomic E-state index is -0.479. The molecule has 1 unspecified atom stereocenters. The van der Waals surface area contributed by atoms with Crippen LogP contribution >= 0.6 is 0 Å². The maximum absolute atomic E-state index is 12.3. The molecule has 1 atom stereocenters. The van der Waals surface area contributed by atoms with E-state index in [1.165, 1.54) is 0 Å². The highest BCUT2D eigenvalue weighted by Gasteiger charge is 2.20. The molecular formula is C15H23NO3. The Hall–Kier alpha value is -1.39. The molecule has 0 bridgehead atoms. The van der Waals surface area contributed by atoms with E-state index in [2.05, 4.69) is 0 Å². The normalized spacial score (nSPS) is 12.5. The van der Waals surface area contributed by atoms with Gasteiger partial charge in [-0.1, -0.05) is 26.0 Å². The summed E-state index contributed by atoms with van der Waals surface area (Å²) < 4.78 is 10.5. The minimum Gasteiger partial charge on any atom is -0.490 e. The van der Waals surface area contributed by atoms with Crippen molar-refractivity contribution in [2.24, 2.45) is 11.7 Å². The van der Waals surface area contributed by atoms with Gasteiger partial charge in [0, 0.05) is 7.11 Å². The molecule has 0 fully saturated rings. The van der Waals surface area contributed by atoms with E-state index < -0.39 is 6.04 Å². The minimum absolute atomic E-state index is 0.0679. The second kappa shape index (κ2) is 7.92. The number of methoxy groups -OCH3 is 1. The predicted molar refractivity (Wildman–Crippen MR) is 75.6 cm³/mol. The Labute approximate surface area is 114 Å². The number of ether oxygens (including phenoxy) is 2. The largest absolute Gasteiger partial charge is 0.490 e. The van der Waals surface area contributed by atoms with E-state index in [0.717, 1.165) is 0 Å². The Morgan fingerprint density at radius 1 is 1.26 bits per heavy atom. The van der Waals surface area contributed by atoms with Gasteiger partial charge in [-0.05, 0) is 24.5 Å². The molecule has 0 aliphatic rings. The summed E-state index contributed by atoms with van der Waals surface area (Å²) in [5.74, 6) is 0.894. The number of benzene rings is 1. The van der Waals surface area contributed by atoms with Crippen LogP contribution in [0.25, 0.3) is 0 Å². The van der Waals surface area contributed by atoms with Crippen LogP contribution in [0, 0.1) is 5.92 Å². The quantitative estimate of drug-likeness (QED) is 0.578. The van der Waals surface area contributed by atoms with Gasteiger partial charge in [0.1, 0.15) is 12.4 Å². The number of para-hydroxylation sites is 1. The van der Waals surface area contributed by atoms with Crippen LogP contribution in [0.2, 0.25) is 0 Å². The van der Waals surface area contributed by atoms with Crippen molar-refractivity contribution in [2.75, 3.05) is 20.3 Å². The van der Waals surface area contributed by atoms with E-state index in [9.17, 15) is 4.79 Å². The highest BCUT2D eigenvalue weighted by atomic mass is 16.5. The van der Waals surface area contributed by atoms with E-state index in [1.54, 1.807) is 19.2 Å². The molecule has 0 spiro atoms. The zero-order valence-corrected chi connectivity index (χ0v) is 11.9. The zero-order chi connectivity index (χ0) is 14.3. The second-order valence-electron chi connectivity index (χ2n) is 4.94. The van der Waals surface area contributed by atoms with Crippen molar-refractivity contribution in [2.45, 2.75) is 26.3 Å². The summed E-state index contributed by atoms with van der Waals surface area (Å²) in [5, 5.41) is 0. The van der Waals surface area contributed by atoms with E-state index >= 15 is 0 Å². The molecule has 0 heterocycles. The van der Waals surface area contributed by atoms with Crippen molar-refractivity contribution in [3.8, 4) is 5.75 Å². The van der Waals surface area contributed by atoms with E-state index in [1.807, 2.05) is 26.0 Å². The standard InChI is InChI=1S/C15H23NO3/c1-11(2)10-13(16)15(17)12-6-4-5-7-14(12)19-9-8-18-3/h4-7,11,13H,8-10,16H2,1-3H3. The van der Waals surface area contributed by atoms with Gasteiger partial charge in [0.2, 0.25) is 0 Å². The van der Waals surface area contributed by atoms with Crippen LogP contribution in [-0.4, -0.2) is 32.1 Å². The lowest BCUT2D eigenvalue weighted by Gasteiger charge is -2.15. The number of hydrogen-bond donors (Lipinski definition) is 1. The van der Waals surface area contributed by atoms with Crippen molar-refractivity contribution < 1.29 is 14.3 Å². The van der Waals surface area contributed by atoms with Gasteiger partial charge >= 0.3 is 0 Å². The van der Waals surface area contributed by atoms with Gasteiger partial charge in [-0.3, -0.25) is 4.79 Å². The van der Waals surface area contributed by atoms with Crippen LogP contribution < -0.4 is 10.5 Å². The van der Waals surface area contributed by atoms with Crippen LogP contribution in [0.15, 0.2) is 24.3 Å². The molecule has 1 aromatic carbocycles. The monoisotopic (exact) mass is 265 g/mol. The SMILES string of the molecule is COCCOc1ccccc1C(=O)C(N)CC(C)C. The Morgan fingerprint density at radius 3 is 2.58 bits per heavy atom. The fraction of sp³-hybridized carbons (Fsp3) is 0.533. The third-order valence-electron chi connectivity index (χ3n) is 2.76. The fourth-order valence-corrected chi connectivity index (χ4v) is 1.85. The van der Waals surface area contributed by atoms with Crippen LogP contribution in [0.1, 0.15) is 30.6 Å². The molecule has 19 heavy (non-hydrogen) atoms. The summed E-state index contributed by atoms with van der Waals surface area (Å²) in [6.07, 6.45) is 0.672. The average Bonchev–Trinajstić information content (AvgIpc) is 2.38. The molecule has 0 saturated carbocycles. The fourth-order valence-electron chi connectivity index (χ4n) is 1.85. The van der Waals surface area contributed by atoms with Gasteiger partial charge in [0.05, 0.1) is 18.2 Å². The first kappa shape index (κ1) is 15.7. The molecule has 4 heteroatoms. The van der Waals surface area contributed by atoms with Gasteiger partial charge in [0.15, 0.2) is 5.78 Å². The summed E-state index contributed by atoms with van der Waals surface area (Å²) in [5.41, 5.74) is 6.49. The maximum atomic E-state index is 12.3. The van der Waals surface area contributed by atoms with Crippen molar-refractivity contribution in [3.63, 3.8) is 0 Å². The van der Waals surface area contributed by atoms with Crippen molar-refractivity contribution >= 4 is 5.78 Å². The lowest BCUT2D eigenvalue weighted by Crippen LogP contribution is -2.32. The van der Waals surface area contributed by atoms with Crippen LogP contribution in [0.5, 0.6) is 5.75 Å². The third-order valence-corrected chi connectivity index (χ3v) is 2.76.